The van der Waals surface area contributed by atoms with Gasteiger partial charge < -0.3 is 11.1 Å². The molecule has 2 aromatic rings. The first kappa shape index (κ1) is 14.6. The number of hydrogen-bond donors (Lipinski definition) is 2. The van der Waals surface area contributed by atoms with Gasteiger partial charge in [0.2, 0.25) is 5.91 Å². The minimum atomic E-state index is 0.0860. The number of anilines is 1. The average molecular weight is 288 g/mol. The molecule has 0 aliphatic heterocycles. The van der Waals surface area contributed by atoms with Crippen LogP contribution in [0.25, 0.3) is 0 Å². The van der Waals surface area contributed by atoms with E-state index in [0.717, 1.165) is 24.1 Å². The Hall–Kier alpha value is -1.81. The van der Waals surface area contributed by atoms with Crippen LogP contribution in [0.3, 0.4) is 0 Å². The first-order valence-electron chi connectivity index (χ1n) is 6.85. The molecule has 20 heavy (non-hydrogen) atoms. The number of nitrogens with two attached hydrogens (primary N) is 1. The predicted molar refractivity (Wildman–Crippen MR) is 84.7 cm³/mol. The number of thiophene rings is 1. The van der Waals surface area contributed by atoms with Crippen molar-refractivity contribution < 1.29 is 4.79 Å². The number of amides is 1. The van der Waals surface area contributed by atoms with Crippen LogP contribution in [0, 0.1) is 0 Å². The van der Waals surface area contributed by atoms with Gasteiger partial charge in [-0.15, -0.1) is 11.3 Å². The Bertz CT molecular complexity index is 577. The Balaban J connectivity index is 1.78. The third-order valence-electron chi connectivity index (χ3n) is 3.26. The molecule has 0 fully saturated rings. The summed E-state index contributed by atoms with van der Waals surface area (Å²) in [4.78, 5) is 13.1. The molecule has 0 spiro atoms. The molecule has 0 bridgehead atoms. The van der Waals surface area contributed by atoms with Crippen LogP contribution in [0.1, 0.15) is 29.3 Å². The quantitative estimate of drug-likeness (QED) is 0.802. The standard InChI is InChI=1S/C16H20N2OS/c1-2-13-8-9-20-15(13)11-18-16(19)7-6-12-4-3-5-14(17)10-12/h3-5,8-10H,2,6-7,11,17H2,1H3,(H,18,19). The summed E-state index contributed by atoms with van der Waals surface area (Å²) >= 11 is 1.70. The average Bonchev–Trinajstić information content (AvgIpc) is 2.90. The molecule has 3 nitrogen and oxygen atoms in total. The maximum atomic E-state index is 11.9. The molecule has 1 amide bonds. The van der Waals surface area contributed by atoms with Gasteiger partial charge in [-0.3, -0.25) is 4.79 Å². The first-order valence-corrected chi connectivity index (χ1v) is 7.73. The van der Waals surface area contributed by atoms with Gasteiger partial charge in [0.25, 0.3) is 0 Å². The molecular formula is C16H20N2OS. The van der Waals surface area contributed by atoms with E-state index in [0.29, 0.717) is 13.0 Å². The molecule has 1 heterocycles. The van der Waals surface area contributed by atoms with Crippen molar-refractivity contribution in [1.82, 2.24) is 5.32 Å². The van der Waals surface area contributed by atoms with E-state index in [9.17, 15) is 4.79 Å². The second kappa shape index (κ2) is 7.10. The van der Waals surface area contributed by atoms with Crippen LogP contribution < -0.4 is 11.1 Å². The molecule has 0 atom stereocenters. The SMILES string of the molecule is CCc1ccsc1CNC(=O)CCc1cccc(N)c1. The van der Waals surface area contributed by atoms with Crippen LogP contribution in [0.15, 0.2) is 35.7 Å². The van der Waals surface area contributed by atoms with Crippen molar-refractivity contribution in [2.24, 2.45) is 0 Å². The molecule has 1 aromatic heterocycles. The Labute approximate surface area is 123 Å². The van der Waals surface area contributed by atoms with E-state index in [-0.39, 0.29) is 5.91 Å². The monoisotopic (exact) mass is 288 g/mol. The highest BCUT2D eigenvalue weighted by atomic mass is 32.1. The van der Waals surface area contributed by atoms with Crippen molar-refractivity contribution >= 4 is 22.9 Å². The smallest absolute Gasteiger partial charge is 0.220 e. The summed E-state index contributed by atoms with van der Waals surface area (Å²) in [6.45, 7) is 2.77. The van der Waals surface area contributed by atoms with E-state index >= 15 is 0 Å². The summed E-state index contributed by atoms with van der Waals surface area (Å²) < 4.78 is 0. The molecule has 0 saturated carbocycles. The molecule has 4 heteroatoms. The van der Waals surface area contributed by atoms with Crippen molar-refractivity contribution in [2.75, 3.05) is 5.73 Å². The maximum absolute atomic E-state index is 11.9. The fourth-order valence-corrected chi connectivity index (χ4v) is 3.03. The topological polar surface area (TPSA) is 55.1 Å². The van der Waals surface area contributed by atoms with Crippen LogP contribution in [-0.2, 0) is 24.2 Å². The lowest BCUT2D eigenvalue weighted by atomic mass is 10.1. The van der Waals surface area contributed by atoms with Crippen LogP contribution in [0.5, 0.6) is 0 Å². The van der Waals surface area contributed by atoms with E-state index in [1.165, 1.54) is 10.4 Å². The van der Waals surface area contributed by atoms with Gasteiger partial charge in [-0.1, -0.05) is 19.1 Å². The third kappa shape index (κ3) is 4.10. The van der Waals surface area contributed by atoms with E-state index in [2.05, 4.69) is 23.7 Å². The zero-order valence-electron chi connectivity index (χ0n) is 11.7. The molecule has 0 unspecified atom stereocenters. The third-order valence-corrected chi connectivity index (χ3v) is 4.22. The Morgan fingerprint density at radius 2 is 2.20 bits per heavy atom. The van der Waals surface area contributed by atoms with Crippen LogP contribution in [-0.4, -0.2) is 5.91 Å². The molecule has 0 radical (unpaired) electrons. The van der Waals surface area contributed by atoms with Crippen molar-refractivity contribution in [1.29, 1.82) is 0 Å². The summed E-state index contributed by atoms with van der Waals surface area (Å²) in [7, 11) is 0. The van der Waals surface area contributed by atoms with Gasteiger partial charge in [0, 0.05) is 17.0 Å². The second-order valence-electron chi connectivity index (χ2n) is 4.74. The zero-order valence-corrected chi connectivity index (χ0v) is 12.5. The molecule has 2 rings (SSSR count). The van der Waals surface area contributed by atoms with E-state index in [4.69, 9.17) is 5.73 Å². The highest BCUT2D eigenvalue weighted by Gasteiger charge is 2.06. The van der Waals surface area contributed by atoms with Gasteiger partial charge in [-0.05, 0) is 47.5 Å². The van der Waals surface area contributed by atoms with Crippen LogP contribution in [0.4, 0.5) is 5.69 Å². The van der Waals surface area contributed by atoms with Gasteiger partial charge in [0.1, 0.15) is 0 Å². The van der Waals surface area contributed by atoms with Crippen molar-refractivity contribution in [3.63, 3.8) is 0 Å². The number of carbonyl (C=O) groups excluding carboxylic acids is 1. The minimum Gasteiger partial charge on any atom is -0.399 e. The molecule has 0 aliphatic rings. The number of hydrogen-bond acceptors (Lipinski definition) is 3. The lowest BCUT2D eigenvalue weighted by Gasteiger charge is -2.06. The van der Waals surface area contributed by atoms with Gasteiger partial charge in [-0.25, -0.2) is 0 Å². The van der Waals surface area contributed by atoms with Gasteiger partial charge in [-0.2, -0.15) is 0 Å². The predicted octanol–water partition coefficient (Wildman–Crippen LogP) is 3.14. The lowest BCUT2D eigenvalue weighted by Crippen LogP contribution is -2.23. The molecule has 3 N–H and O–H groups in total. The maximum Gasteiger partial charge on any atom is 0.220 e. The fraction of sp³-hybridized carbons (Fsp3) is 0.312. The zero-order chi connectivity index (χ0) is 14.4. The van der Waals surface area contributed by atoms with Crippen LogP contribution in [0.2, 0.25) is 0 Å². The Kier molecular flexibility index (Phi) is 5.18. The van der Waals surface area contributed by atoms with Crippen molar-refractivity contribution in [3.8, 4) is 0 Å². The molecule has 0 aliphatic carbocycles. The van der Waals surface area contributed by atoms with E-state index in [1.807, 2.05) is 24.3 Å². The number of rotatable bonds is 6. The summed E-state index contributed by atoms with van der Waals surface area (Å²) in [5, 5.41) is 5.06. The molecule has 1 aromatic carbocycles. The minimum absolute atomic E-state index is 0.0860. The van der Waals surface area contributed by atoms with E-state index < -0.39 is 0 Å². The van der Waals surface area contributed by atoms with Crippen LogP contribution >= 0.6 is 11.3 Å². The highest BCUT2D eigenvalue weighted by molar-refractivity contribution is 7.10. The number of aryl methyl sites for hydroxylation is 2. The Morgan fingerprint density at radius 1 is 1.35 bits per heavy atom. The number of benzene rings is 1. The normalized spacial score (nSPS) is 10.4. The number of carbonyl (C=O) groups is 1. The Morgan fingerprint density at radius 3 is 2.95 bits per heavy atom. The van der Waals surface area contributed by atoms with Gasteiger partial charge >= 0.3 is 0 Å². The largest absolute Gasteiger partial charge is 0.399 e. The first-order chi connectivity index (χ1) is 9.69. The van der Waals surface area contributed by atoms with Gasteiger partial charge in [0.05, 0.1) is 6.54 Å². The second-order valence-corrected chi connectivity index (χ2v) is 5.75. The molecule has 0 saturated heterocycles. The summed E-state index contributed by atoms with van der Waals surface area (Å²) in [5.74, 6) is 0.0860. The summed E-state index contributed by atoms with van der Waals surface area (Å²) in [5.41, 5.74) is 8.89. The van der Waals surface area contributed by atoms with Gasteiger partial charge in [0.15, 0.2) is 0 Å². The molecule has 106 valence electrons. The number of nitrogens with one attached hydrogen (secondary N) is 1. The lowest BCUT2D eigenvalue weighted by molar-refractivity contribution is -0.121. The summed E-state index contributed by atoms with van der Waals surface area (Å²) in [6, 6.07) is 9.81. The van der Waals surface area contributed by atoms with Crippen molar-refractivity contribution in [3.05, 3.63) is 51.7 Å². The van der Waals surface area contributed by atoms with E-state index in [1.54, 1.807) is 11.3 Å². The summed E-state index contributed by atoms with van der Waals surface area (Å²) in [6.07, 6.45) is 2.23. The number of nitrogen functional groups attached to an aromatic ring is 1. The van der Waals surface area contributed by atoms with Crippen molar-refractivity contribution in [2.45, 2.75) is 32.7 Å². The fourth-order valence-electron chi connectivity index (χ4n) is 2.11. The molecular weight excluding hydrogens is 268 g/mol. The highest BCUT2D eigenvalue weighted by Crippen LogP contribution is 2.17.